The highest BCUT2D eigenvalue weighted by Crippen LogP contribution is 2.27. The van der Waals surface area contributed by atoms with Crippen LogP contribution in [-0.2, 0) is 14.3 Å². The molecule has 0 unspecified atom stereocenters. The summed E-state index contributed by atoms with van der Waals surface area (Å²) < 4.78 is 4.83. The molecule has 0 radical (unpaired) electrons. The van der Waals surface area contributed by atoms with Gasteiger partial charge in [-0.3, -0.25) is 24.5 Å². The second kappa shape index (κ2) is 9.04. The van der Waals surface area contributed by atoms with Gasteiger partial charge < -0.3 is 10.1 Å². The van der Waals surface area contributed by atoms with Crippen molar-refractivity contribution in [3.05, 3.63) is 55.8 Å². The van der Waals surface area contributed by atoms with Gasteiger partial charge >= 0.3 is 5.97 Å². The maximum absolute atomic E-state index is 11.9. The Morgan fingerprint density at radius 3 is 2.52 bits per heavy atom. The minimum Gasteiger partial charge on any atom is -0.456 e. The molecule has 1 amide bonds. The molecule has 0 atom stereocenters. The number of nitrogens with zero attached hydrogens (tertiary/aromatic N) is 1. The van der Waals surface area contributed by atoms with Gasteiger partial charge in [0.15, 0.2) is 12.4 Å². The highest BCUT2D eigenvalue weighted by Gasteiger charge is 2.18. The Labute approximate surface area is 159 Å². The number of nitrogens with one attached hydrogen (secondary N) is 1. The number of carbonyl (C=O) groups excluding carboxylic acids is 3. The van der Waals surface area contributed by atoms with Crippen molar-refractivity contribution >= 4 is 40.4 Å². The number of thiophene rings is 1. The van der Waals surface area contributed by atoms with E-state index in [4.69, 9.17) is 4.74 Å². The van der Waals surface area contributed by atoms with E-state index in [1.165, 1.54) is 23.5 Å². The number of carbonyl (C=O) groups is 3. The summed E-state index contributed by atoms with van der Waals surface area (Å²) in [7, 11) is 0. The number of hydrogen-bond donors (Lipinski definition) is 1. The number of anilines is 1. The Hall–Kier alpha value is -3.07. The Morgan fingerprint density at radius 1 is 1.19 bits per heavy atom. The van der Waals surface area contributed by atoms with Crippen molar-refractivity contribution in [2.75, 3.05) is 11.9 Å². The van der Waals surface area contributed by atoms with Gasteiger partial charge in [-0.2, -0.15) is 0 Å². The van der Waals surface area contributed by atoms with E-state index in [-0.39, 0.29) is 30.0 Å². The summed E-state index contributed by atoms with van der Waals surface area (Å²) in [5.41, 5.74) is 1.30. The van der Waals surface area contributed by atoms with Crippen LogP contribution in [0.4, 0.5) is 11.4 Å². The van der Waals surface area contributed by atoms with E-state index < -0.39 is 23.4 Å². The lowest BCUT2D eigenvalue weighted by Gasteiger charge is -2.09. The molecular formula is C18H18N2O6S. The molecule has 0 aliphatic heterocycles. The molecule has 1 N–H and O–H groups in total. The van der Waals surface area contributed by atoms with E-state index in [1.54, 1.807) is 31.4 Å². The zero-order valence-electron chi connectivity index (χ0n) is 14.8. The zero-order valence-corrected chi connectivity index (χ0v) is 15.6. The molecular weight excluding hydrogens is 372 g/mol. The van der Waals surface area contributed by atoms with Crippen LogP contribution in [0.3, 0.4) is 0 Å². The number of ether oxygens (including phenoxy) is 1. The van der Waals surface area contributed by atoms with Gasteiger partial charge in [0.2, 0.25) is 0 Å². The summed E-state index contributed by atoms with van der Waals surface area (Å²) in [6, 6.07) is 6.27. The summed E-state index contributed by atoms with van der Waals surface area (Å²) in [5.74, 6) is -1.55. The normalized spacial score (nSPS) is 10.3. The maximum atomic E-state index is 11.9. The maximum Gasteiger partial charge on any atom is 0.306 e. The lowest BCUT2D eigenvalue weighted by Crippen LogP contribution is -2.21. The number of aryl methyl sites for hydroxylation is 2. The molecule has 142 valence electrons. The van der Waals surface area contributed by atoms with Gasteiger partial charge in [0.25, 0.3) is 11.6 Å². The summed E-state index contributed by atoms with van der Waals surface area (Å²) in [5, 5.41) is 15.3. The molecule has 1 aromatic carbocycles. The predicted molar refractivity (Wildman–Crippen MR) is 100 cm³/mol. The quantitative estimate of drug-likeness (QED) is 0.320. The molecule has 0 saturated heterocycles. The third-order valence-electron chi connectivity index (χ3n) is 3.80. The number of nitro groups is 1. The van der Waals surface area contributed by atoms with Crippen LogP contribution in [-0.4, -0.2) is 29.2 Å². The minimum absolute atomic E-state index is 0.0103. The molecule has 0 saturated carbocycles. The second-order valence-corrected chi connectivity index (χ2v) is 6.77. The molecule has 2 rings (SSSR count). The smallest absolute Gasteiger partial charge is 0.306 e. The van der Waals surface area contributed by atoms with Crippen molar-refractivity contribution in [2.24, 2.45) is 0 Å². The van der Waals surface area contributed by atoms with E-state index >= 15 is 0 Å². The van der Waals surface area contributed by atoms with Gasteiger partial charge in [-0.15, -0.1) is 11.3 Å². The number of hydrogen-bond acceptors (Lipinski definition) is 7. The number of rotatable bonds is 8. The minimum atomic E-state index is -0.695. The first-order valence-corrected chi connectivity index (χ1v) is 8.93. The topological polar surface area (TPSA) is 116 Å². The number of ketones is 1. The monoisotopic (exact) mass is 390 g/mol. The fourth-order valence-electron chi connectivity index (χ4n) is 2.23. The number of benzene rings is 1. The van der Waals surface area contributed by atoms with Crippen LogP contribution < -0.4 is 5.32 Å². The first-order valence-electron chi connectivity index (χ1n) is 8.05. The standard InChI is InChI=1S/C18H18N2O6S/c1-11-8-13(14(20(24)25)9-12(11)2)19-17(22)10-26-18(23)6-5-15(21)16-4-3-7-27-16/h3-4,7-9H,5-6,10H2,1-2H3,(H,19,22). The molecule has 1 heterocycles. The van der Waals surface area contributed by atoms with Crippen molar-refractivity contribution in [2.45, 2.75) is 26.7 Å². The predicted octanol–water partition coefficient (Wildman–Crippen LogP) is 3.42. The van der Waals surface area contributed by atoms with Crippen LogP contribution in [0.5, 0.6) is 0 Å². The van der Waals surface area contributed by atoms with Crippen LogP contribution in [0.1, 0.15) is 33.6 Å². The molecule has 0 aliphatic rings. The first kappa shape index (κ1) is 20.2. The van der Waals surface area contributed by atoms with Crippen LogP contribution >= 0.6 is 11.3 Å². The SMILES string of the molecule is Cc1cc(NC(=O)COC(=O)CCC(=O)c2cccs2)c([N+](=O)[O-])cc1C. The fourth-order valence-corrected chi connectivity index (χ4v) is 2.93. The average molecular weight is 390 g/mol. The van der Waals surface area contributed by atoms with E-state index in [9.17, 15) is 24.5 Å². The molecule has 0 aliphatic carbocycles. The summed E-state index contributed by atoms with van der Waals surface area (Å²) >= 11 is 1.29. The molecule has 8 nitrogen and oxygen atoms in total. The third-order valence-corrected chi connectivity index (χ3v) is 4.71. The largest absolute Gasteiger partial charge is 0.456 e. The highest BCUT2D eigenvalue weighted by molar-refractivity contribution is 7.12. The van der Waals surface area contributed by atoms with Crippen LogP contribution in [0.15, 0.2) is 29.6 Å². The zero-order chi connectivity index (χ0) is 20.0. The Bertz CT molecular complexity index is 876. The molecule has 1 aromatic heterocycles. The van der Waals surface area contributed by atoms with Crippen LogP contribution in [0.2, 0.25) is 0 Å². The van der Waals surface area contributed by atoms with Gasteiger partial charge in [0.1, 0.15) is 5.69 Å². The third kappa shape index (κ3) is 5.71. The van der Waals surface area contributed by atoms with E-state index in [1.807, 2.05) is 0 Å². The Kier molecular flexibility index (Phi) is 6.78. The first-order chi connectivity index (χ1) is 12.8. The van der Waals surface area contributed by atoms with E-state index in [0.717, 1.165) is 11.1 Å². The average Bonchev–Trinajstić information content (AvgIpc) is 3.15. The summed E-state index contributed by atoms with van der Waals surface area (Å²) in [6.07, 6.45) is -0.155. The number of amides is 1. The molecule has 0 bridgehead atoms. The molecule has 27 heavy (non-hydrogen) atoms. The van der Waals surface area contributed by atoms with Gasteiger partial charge in [0, 0.05) is 12.5 Å². The molecule has 0 fully saturated rings. The van der Waals surface area contributed by atoms with Crippen molar-refractivity contribution in [1.29, 1.82) is 0 Å². The summed E-state index contributed by atoms with van der Waals surface area (Å²) in [4.78, 5) is 46.5. The van der Waals surface area contributed by atoms with Gasteiger partial charge in [0.05, 0.1) is 16.2 Å². The molecule has 9 heteroatoms. The number of Topliss-reactive ketones (excluding diaryl/α,β-unsaturated/α-hetero) is 1. The van der Waals surface area contributed by atoms with Gasteiger partial charge in [-0.25, -0.2) is 0 Å². The van der Waals surface area contributed by atoms with E-state index in [2.05, 4.69) is 5.32 Å². The number of nitro benzene ring substituents is 1. The highest BCUT2D eigenvalue weighted by atomic mass is 32.1. The Balaban J connectivity index is 1.85. The van der Waals surface area contributed by atoms with Crippen molar-refractivity contribution < 1.29 is 24.0 Å². The van der Waals surface area contributed by atoms with Crippen LogP contribution in [0, 0.1) is 24.0 Å². The second-order valence-electron chi connectivity index (χ2n) is 5.82. The summed E-state index contributed by atoms with van der Waals surface area (Å²) in [6.45, 7) is 2.91. The van der Waals surface area contributed by atoms with Crippen molar-refractivity contribution in [3.8, 4) is 0 Å². The Morgan fingerprint density at radius 2 is 1.89 bits per heavy atom. The lowest BCUT2D eigenvalue weighted by atomic mass is 10.1. The van der Waals surface area contributed by atoms with Gasteiger partial charge in [-0.05, 0) is 42.5 Å². The molecule has 2 aromatic rings. The molecule has 0 spiro atoms. The van der Waals surface area contributed by atoms with Crippen LogP contribution in [0.25, 0.3) is 0 Å². The number of esters is 1. The fraction of sp³-hybridized carbons (Fsp3) is 0.278. The van der Waals surface area contributed by atoms with Gasteiger partial charge in [-0.1, -0.05) is 6.07 Å². The van der Waals surface area contributed by atoms with E-state index in [0.29, 0.717) is 4.88 Å². The van der Waals surface area contributed by atoms with Crippen molar-refractivity contribution in [1.82, 2.24) is 0 Å². The lowest BCUT2D eigenvalue weighted by molar-refractivity contribution is -0.384. The van der Waals surface area contributed by atoms with Crippen molar-refractivity contribution in [3.63, 3.8) is 0 Å².